The maximum Gasteiger partial charge on any atom is 0.216 e. The molecule has 1 heterocycles. The van der Waals surface area contributed by atoms with E-state index in [-0.39, 0.29) is 11.3 Å². The molecule has 28 heavy (non-hydrogen) atoms. The molecule has 0 saturated carbocycles. The number of amides is 1. The first kappa shape index (κ1) is 20.6. The number of likely N-dealkylation sites (tertiary alicyclic amines) is 1. The van der Waals surface area contributed by atoms with E-state index in [1.54, 1.807) is 6.92 Å². The molecule has 3 nitrogen and oxygen atoms in total. The first-order valence-electron chi connectivity index (χ1n) is 10.6. The van der Waals surface area contributed by atoms with Crippen molar-refractivity contribution in [2.45, 2.75) is 64.0 Å². The Kier molecular flexibility index (Phi) is 6.90. The average Bonchev–Trinajstić information content (AvgIpc) is 2.71. The summed E-state index contributed by atoms with van der Waals surface area (Å²) < 4.78 is 0. The van der Waals surface area contributed by atoms with Crippen molar-refractivity contribution in [2.24, 2.45) is 0 Å². The summed E-state index contributed by atoms with van der Waals surface area (Å²) >= 11 is 0. The largest absolute Gasteiger partial charge is 0.355 e. The minimum atomic E-state index is -0.231. The summed E-state index contributed by atoms with van der Waals surface area (Å²) in [6, 6.07) is 22.6. The second kappa shape index (κ2) is 9.38. The van der Waals surface area contributed by atoms with Gasteiger partial charge in [0.05, 0.1) is 0 Å². The molecule has 2 unspecified atom stereocenters. The van der Waals surface area contributed by atoms with Crippen LogP contribution in [0.5, 0.6) is 0 Å². The maximum absolute atomic E-state index is 11.8. The molecule has 0 bridgehead atoms. The zero-order valence-corrected chi connectivity index (χ0v) is 17.5. The number of hydrogen-bond acceptors (Lipinski definition) is 2. The number of benzene rings is 2. The quantitative estimate of drug-likeness (QED) is 0.753. The van der Waals surface area contributed by atoms with Crippen molar-refractivity contribution in [3.05, 3.63) is 71.8 Å². The lowest BCUT2D eigenvalue weighted by Crippen LogP contribution is -2.48. The van der Waals surface area contributed by atoms with Crippen LogP contribution in [0.2, 0.25) is 0 Å². The van der Waals surface area contributed by atoms with Gasteiger partial charge in [0.2, 0.25) is 5.91 Å². The first-order valence-corrected chi connectivity index (χ1v) is 10.6. The van der Waals surface area contributed by atoms with Crippen LogP contribution in [0.3, 0.4) is 0 Å². The number of nitrogens with zero attached hydrogens (tertiary/aromatic N) is 1. The molecular weight excluding hydrogens is 344 g/mol. The third kappa shape index (κ3) is 4.64. The molecule has 150 valence electrons. The van der Waals surface area contributed by atoms with Crippen LogP contribution < -0.4 is 5.32 Å². The Morgan fingerprint density at radius 2 is 1.46 bits per heavy atom. The van der Waals surface area contributed by atoms with E-state index in [2.05, 4.69) is 84.7 Å². The highest BCUT2D eigenvalue weighted by atomic mass is 16.1. The minimum Gasteiger partial charge on any atom is -0.355 e. The number of hydrogen-bond donors (Lipinski definition) is 1. The van der Waals surface area contributed by atoms with Gasteiger partial charge >= 0.3 is 0 Å². The maximum atomic E-state index is 11.8. The molecule has 0 aliphatic carbocycles. The van der Waals surface area contributed by atoms with Crippen LogP contribution in [-0.4, -0.2) is 36.0 Å². The molecule has 1 aliphatic heterocycles. The molecule has 0 aromatic heterocycles. The summed E-state index contributed by atoms with van der Waals surface area (Å²) in [5.74, 6) is 0.0240. The van der Waals surface area contributed by atoms with E-state index in [9.17, 15) is 4.79 Å². The lowest BCUT2D eigenvalue weighted by Gasteiger charge is -2.43. The Morgan fingerprint density at radius 1 is 0.964 bits per heavy atom. The van der Waals surface area contributed by atoms with Gasteiger partial charge in [-0.2, -0.15) is 0 Å². The van der Waals surface area contributed by atoms with Gasteiger partial charge in [0, 0.05) is 31.0 Å². The number of carbonyl (C=O) groups excluding carboxylic acids is 1. The van der Waals surface area contributed by atoms with Gasteiger partial charge in [-0.25, -0.2) is 0 Å². The van der Waals surface area contributed by atoms with Gasteiger partial charge in [-0.3, -0.25) is 9.69 Å². The summed E-state index contributed by atoms with van der Waals surface area (Å²) in [6.45, 7) is 7.97. The topological polar surface area (TPSA) is 32.3 Å². The Balaban J connectivity index is 1.97. The second-order valence-corrected chi connectivity index (χ2v) is 8.34. The molecule has 1 amide bonds. The van der Waals surface area contributed by atoms with Crippen molar-refractivity contribution in [1.29, 1.82) is 0 Å². The summed E-state index contributed by atoms with van der Waals surface area (Å²) in [5, 5.41) is 3.14. The molecule has 3 rings (SSSR count). The number of piperidine rings is 1. The fourth-order valence-electron chi connectivity index (χ4n) is 4.77. The van der Waals surface area contributed by atoms with Gasteiger partial charge in [-0.15, -0.1) is 0 Å². The molecular formula is C25H34N2O. The van der Waals surface area contributed by atoms with Gasteiger partial charge in [0.1, 0.15) is 0 Å². The van der Waals surface area contributed by atoms with Crippen molar-refractivity contribution < 1.29 is 4.79 Å². The highest BCUT2D eigenvalue weighted by Gasteiger charge is 2.36. The van der Waals surface area contributed by atoms with Crippen LogP contribution >= 0.6 is 0 Å². The van der Waals surface area contributed by atoms with E-state index in [1.807, 2.05) is 0 Å². The van der Waals surface area contributed by atoms with E-state index < -0.39 is 0 Å². The van der Waals surface area contributed by atoms with Crippen molar-refractivity contribution in [3.63, 3.8) is 0 Å². The third-order valence-electron chi connectivity index (χ3n) is 6.46. The third-order valence-corrected chi connectivity index (χ3v) is 6.46. The molecule has 1 saturated heterocycles. The van der Waals surface area contributed by atoms with E-state index in [0.29, 0.717) is 18.6 Å². The van der Waals surface area contributed by atoms with Crippen molar-refractivity contribution in [2.75, 3.05) is 13.1 Å². The van der Waals surface area contributed by atoms with Crippen LogP contribution in [0.1, 0.15) is 57.6 Å². The summed E-state index contributed by atoms with van der Waals surface area (Å²) in [7, 11) is 0. The van der Waals surface area contributed by atoms with Gasteiger partial charge in [-0.05, 0) is 50.8 Å². The average molecular weight is 379 g/mol. The minimum absolute atomic E-state index is 0.0240. The van der Waals surface area contributed by atoms with Crippen LogP contribution in [0.4, 0.5) is 0 Å². The van der Waals surface area contributed by atoms with Gasteiger partial charge in [0.25, 0.3) is 0 Å². The fraction of sp³-hybridized carbons (Fsp3) is 0.480. The molecule has 0 spiro atoms. The summed E-state index contributed by atoms with van der Waals surface area (Å²) in [4.78, 5) is 14.5. The molecule has 2 aromatic carbocycles. The van der Waals surface area contributed by atoms with E-state index in [0.717, 1.165) is 13.0 Å². The molecule has 2 aromatic rings. The Labute approximate surface area is 170 Å². The monoisotopic (exact) mass is 378 g/mol. The molecule has 0 radical (unpaired) electrons. The van der Waals surface area contributed by atoms with E-state index >= 15 is 0 Å². The molecule has 1 N–H and O–H groups in total. The van der Waals surface area contributed by atoms with Crippen LogP contribution in [0.25, 0.3) is 0 Å². The normalized spacial score (nSPS) is 20.7. The van der Waals surface area contributed by atoms with E-state index in [4.69, 9.17) is 0 Å². The van der Waals surface area contributed by atoms with Crippen molar-refractivity contribution in [1.82, 2.24) is 10.2 Å². The standard InChI is InChI=1S/C25H34N2O/c1-20-11-10-12-21(2)27(20)18-17-25(19-26-22(3)28,23-13-6-4-7-14-23)24-15-8-5-9-16-24/h4-9,13-16,20-21H,10-12,17-19H2,1-3H3,(H,26,28). The number of nitrogens with one attached hydrogen (secondary N) is 1. The fourth-order valence-corrected chi connectivity index (χ4v) is 4.77. The first-order chi connectivity index (χ1) is 13.5. The predicted octanol–water partition coefficient (Wildman–Crippen LogP) is 4.76. The number of rotatable bonds is 7. The van der Waals surface area contributed by atoms with E-state index in [1.165, 1.54) is 30.4 Å². The zero-order chi connectivity index (χ0) is 20.0. The SMILES string of the molecule is CC(=O)NCC(CCN1C(C)CCCC1C)(c1ccccc1)c1ccccc1. The van der Waals surface area contributed by atoms with Crippen LogP contribution in [0.15, 0.2) is 60.7 Å². The van der Waals surface area contributed by atoms with Gasteiger partial charge in [-0.1, -0.05) is 67.1 Å². The van der Waals surface area contributed by atoms with Crippen molar-refractivity contribution >= 4 is 5.91 Å². The highest BCUT2D eigenvalue weighted by Crippen LogP contribution is 2.36. The highest BCUT2D eigenvalue weighted by molar-refractivity contribution is 5.73. The Morgan fingerprint density at radius 3 is 1.93 bits per heavy atom. The van der Waals surface area contributed by atoms with Gasteiger partial charge < -0.3 is 5.32 Å². The predicted molar refractivity (Wildman–Crippen MR) is 116 cm³/mol. The lowest BCUT2D eigenvalue weighted by atomic mass is 9.71. The van der Waals surface area contributed by atoms with Crippen LogP contribution in [-0.2, 0) is 10.2 Å². The molecule has 3 heteroatoms. The molecule has 2 atom stereocenters. The lowest BCUT2D eigenvalue weighted by molar-refractivity contribution is -0.119. The smallest absolute Gasteiger partial charge is 0.216 e. The summed E-state index contributed by atoms with van der Waals surface area (Å²) in [5.41, 5.74) is 2.31. The Hall–Kier alpha value is -2.13. The number of carbonyl (C=O) groups is 1. The van der Waals surface area contributed by atoms with Crippen LogP contribution in [0, 0.1) is 0 Å². The Bertz CT molecular complexity index is 694. The summed E-state index contributed by atoms with van der Waals surface area (Å²) in [6.07, 6.45) is 4.86. The molecule has 1 aliphatic rings. The zero-order valence-electron chi connectivity index (χ0n) is 17.5. The second-order valence-electron chi connectivity index (χ2n) is 8.34. The molecule has 1 fully saturated rings. The van der Waals surface area contributed by atoms with Gasteiger partial charge in [0.15, 0.2) is 0 Å². The van der Waals surface area contributed by atoms with Crippen molar-refractivity contribution in [3.8, 4) is 0 Å².